The van der Waals surface area contributed by atoms with Crippen molar-refractivity contribution in [3.63, 3.8) is 0 Å². The zero-order valence-corrected chi connectivity index (χ0v) is 22.7. The summed E-state index contributed by atoms with van der Waals surface area (Å²) in [4.78, 5) is 23.8. The van der Waals surface area contributed by atoms with Crippen LogP contribution in [0.2, 0.25) is 0 Å². The lowest BCUT2D eigenvalue weighted by Gasteiger charge is -2.10. The summed E-state index contributed by atoms with van der Waals surface area (Å²) >= 11 is 0. The van der Waals surface area contributed by atoms with Gasteiger partial charge in [0, 0.05) is 25.5 Å². The minimum Gasteiger partial charge on any atom is -0.461 e. The van der Waals surface area contributed by atoms with Crippen molar-refractivity contribution >= 4 is 11.9 Å². The molecule has 9 nitrogen and oxygen atoms in total. The third-order valence-corrected chi connectivity index (χ3v) is 6.55. The van der Waals surface area contributed by atoms with Crippen molar-refractivity contribution in [1.82, 2.24) is 30.1 Å². The van der Waals surface area contributed by atoms with E-state index in [9.17, 15) is 9.59 Å². The molecular weight excluding hydrogens is 504 g/mol. The molecule has 2 aromatic heterocycles. The van der Waals surface area contributed by atoms with Gasteiger partial charge in [-0.05, 0) is 55.3 Å². The summed E-state index contributed by atoms with van der Waals surface area (Å²) in [6, 6.07) is 26.5. The molecule has 1 N–H and O–H groups in total. The second kappa shape index (κ2) is 11.8. The topological polar surface area (TPSA) is 104 Å². The molecular formula is C31H30N6O3. The Labute approximate surface area is 232 Å². The number of hydrogen-bond acceptors (Lipinski definition) is 6. The first-order valence-electron chi connectivity index (χ1n) is 13.1. The number of aromatic nitrogens is 5. The molecule has 0 aliphatic rings. The van der Waals surface area contributed by atoms with Crippen LogP contribution in [-0.2, 0) is 16.0 Å². The van der Waals surface area contributed by atoms with Gasteiger partial charge in [0.2, 0.25) is 5.91 Å². The maximum Gasteiger partial charge on any atom is 0.360 e. The summed E-state index contributed by atoms with van der Waals surface area (Å²) in [5.41, 5.74) is 8.00. The molecule has 3 aromatic carbocycles. The molecule has 5 rings (SSSR count). The fourth-order valence-corrected chi connectivity index (χ4v) is 4.34. The predicted octanol–water partition coefficient (Wildman–Crippen LogP) is 4.95. The lowest BCUT2D eigenvalue weighted by Crippen LogP contribution is -2.18. The zero-order chi connectivity index (χ0) is 28.1. The third kappa shape index (κ3) is 5.83. The fraction of sp³-hybridized carbons (Fsp3) is 0.194. The number of amides is 1. The summed E-state index contributed by atoms with van der Waals surface area (Å²) in [6.45, 7) is 4.09. The van der Waals surface area contributed by atoms with Gasteiger partial charge in [-0.2, -0.15) is 5.10 Å². The van der Waals surface area contributed by atoms with E-state index in [2.05, 4.69) is 71.1 Å². The van der Waals surface area contributed by atoms with Crippen LogP contribution in [0.25, 0.3) is 33.8 Å². The van der Waals surface area contributed by atoms with Crippen molar-refractivity contribution < 1.29 is 14.3 Å². The van der Waals surface area contributed by atoms with Crippen LogP contribution in [-0.4, -0.2) is 50.3 Å². The smallest absolute Gasteiger partial charge is 0.360 e. The van der Waals surface area contributed by atoms with Gasteiger partial charge < -0.3 is 10.1 Å². The van der Waals surface area contributed by atoms with E-state index < -0.39 is 5.97 Å². The number of nitrogens with zero attached hydrogens (tertiary/aromatic N) is 5. The Morgan fingerprint density at radius 3 is 2.15 bits per heavy atom. The van der Waals surface area contributed by atoms with E-state index >= 15 is 0 Å². The minimum absolute atomic E-state index is 0.0297. The minimum atomic E-state index is -0.510. The number of nitrogens with one attached hydrogen (secondary N) is 1. The largest absolute Gasteiger partial charge is 0.461 e. The van der Waals surface area contributed by atoms with Crippen molar-refractivity contribution in [2.45, 2.75) is 26.7 Å². The van der Waals surface area contributed by atoms with Crippen molar-refractivity contribution in [2.75, 3.05) is 13.7 Å². The molecule has 40 heavy (non-hydrogen) atoms. The number of carbonyl (C=O) groups excluding carboxylic acids is 2. The van der Waals surface area contributed by atoms with Gasteiger partial charge in [-0.25, -0.2) is 14.2 Å². The highest BCUT2D eigenvalue weighted by atomic mass is 16.5. The molecule has 0 bridgehead atoms. The SMILES string of the molecule is CCOC(=O)c1cn(-c2ccc(-n3nc(CCC(=O)NC)cc3-c3ccc(-c4ccc(C)cc4)cc3)cc2)nn1. The molecule has 2 heterocycles. The van der Waals surface area contributed by atoms with Gasteiger partial charge in [0.15, 0.2) is 5.69 Å². The van der Waals surface area contributed by atoms with Crippen molar-refractivity contribution in [3.05, 3.63) is 102 Å². The Balaban J connectivity index is 1.45. The number of carbonyl (C=O) groups is 2. The number of hydrogen-bond donors (Lipinski definition) is 1. The highest BCUT2D eigenvalue weighted by Gasteiger charge is 2.15. The second-order valence-corrected chi connectivity index (χ2v) is 9.33. The van der Waals surface area contributed by atoms with Crippen molar-refractivity contribution in [3.8, 4) is 33.8 Å². The maximum atomic E-state index is 12.0. The average Bonchev–Trinajstić information content (AvgIpc) is 3.65. The predicted molar refractivity (Wildman–Crippen MR) is 152 cm³/mol. The van der Waals surface area contributed by atoms with Crippen LogP contribution in [0.5, 0.6) is 0 Å². The first-order valence-corrected chi connectivity index (χ1v) is 13.1. The van der Waals surface area contributed by atoms with Gasteiger partial charge in [0.25, 0.3) is 0 Å². The van der Waals surface area contributed by atoms with Gasteiger partial charge in [-0.3, -0.25) is 4.79 Å². The monoisotopic (exact) mass is 534 g/mol. The maximum absolute atomic E-state index is 12.0. The summed E-state index contributed by atoms with van der Waals surface area (Å²) in [7, 11) is 1.63. The summed E-state index contributed by atoms with van der Waals surface area (Å²) in [5.74, 6) is -0.540. The van der Waals surface area contributed by atoms with E-state index in [0.717, 1.165) is 39.5 Å². The van der Waals surface area contributed by atoms with Crippen molar-refractivity contribution in [2.24, 2.45) is 0 Å². The highest BCUT2D eigenvalue weighted by Crippen LogP contribution is 2.28. The summed E-state index contributed by atoms with van der Waals surface area (Å²) in [5, 5.41) is 15.5. The molecule has 0 atom stereocenters. The van der Waals surface area contributed by atoms with Crippen LogP contribution in [0.3, 0.4) is 0 Å². The summed E-state index contributed by atoms with van der Waals surface area (Å²) < 4.78 is 8.41. The lowest BCUT2D eigenvalue weighted by molar-refractivity contribution is -0.120. The molecule has 0 spiro atoms. The van der Waals surface area contributed by atoms with Gasteiger partial charge in [-0.15, -0.1) is 5.10 Å². The zero-order valence-electron chi connectivity index (χ0n) is 22.7. The van der Waals surface area contributed by atoms with Crippen LogP contribution in [0.4, 0.5) is 0 Å². The Hall–Kier alpha value is -5.05. The Morgan fingerprint density at radius 2 is 1.50 bits per heavy atom. The molecule has 0 aliphatic carbocycles. The Kier molecular flexibility index (Phi) is 7.82. The average molecular weight is 535 g/mol. The lowest BCUT2D eigenvalue weighted by atomic mass is 10.0. The third-order valence-electron chi connectivity index (χ3n) is 6.55. The molecule has 0 fully saturated rings. The van der Waals surface area contributed by atoms with Gasteiger partial charge in [0.05, 0.1) is 35.6 Å². The number of ether oxygens (including phenoxy) is 1. The summed E-state index contributed by atoms with van der Waals surface area (Å²) in [6.07, 6.45) is 2.42. The fourth-order valence-electron chi connectivity index (χ4n) is 4.34. The van der Waals surface area contributed by atoms with Crippen LogP contribution >= 0.6 is 0 Å². The van der Waals surface area contributed by atoms with Gasteiger partial charge in [0.1, 0.15) is 0 Å². The first kappa shape index (κ1) is 26.6. The molecule has 0 aliphatic heterocycles. The molecule has 0 unspecified atom stereocenters. The van der Waals surface area contributed by atoms with E-state index in [0.29, 0.717) is 12.8 Å². The van der Waals surface area contributed by atoms with E-state index in [1.54, 1.807) is 20.2 Å². The number of rotatable bonds is 9. The van der Waals surface area contributed by atoms with E-state index in [-0.39, 0.29) is 18.2 Å². The quantitative estimate of drug-likeness (QED) is 0.268. The van der Waals surface area contributed by atoms with Crippen LogP contribution in [0, 0.1) is 6.92 Å². The molecule has 9 heteroatoms. The Bertz CT molecular complexity index is 1620. The second-order valence-electron chi connectivity index (χ2n) is 9.33. The number of aryl methyl sites for hydroxylation is 2. The molecule has 0 saturated carbocycles. The van der Waals surface area contributed by atoms with E-state index in [4.69, 9.17) is 9.84 Å². The number of esters is 1. The van der Waals surface area contributed by atoms with E-state index in [1.165, 1.54) is 10.2 Å². The van der Waals surface area contributed by atoms with Crippen molar-refractivity contribution in [1.29, 1.82) is 0 Å². The molecule has 5 aromatic rings. The highest BCUT2D eigenvalue weighted by molar-refractivity contribution is 5.86. The standard InChI is InChI=1S/C31H30N6O3/c1-4-40-31(39)28-20-36(35-33-28)26-14-16-27(17-15-26)37-29(19-25(34-37)13-18-30(38)32-3)24-11-9-23(10-12-24)22-7-5-21(2)6-8-22/h5-12,14-17,19-20H,4,13,18H2,1-3H3,(H,32,38). The Morgan fingerprint density at radius 1 is 0.875 bits per heavy atom. The van der Waals surface area contributed by atoms with Crippen LogP contribution < -0.4 is 5.32 Å². The molecule has 202 valence electrons. The van der Waals surface area contributed by atoms with Gasteiger partial charge >= 0.3 is 5.97 Å². The molecule has 0 radical (unpaired) electrons. The van der Waals surface area contributed by atoms with Crippen LogP contribution in [0.15, 0.2) is 85.1 Å². The number of benzene rings is 3. The van der Waals surface area contributed by atoms with E-state index in [1.807, 2.05) is 35.0 Å². The van der Waals surface area contributed by atoms with Crippen LogP contribution in [0.1, 0.15) is 35.1 Å². The molecule has 0 saturated heterocycles. The first-order chi connectivity index (χ1) is 19.4. The molecule has 1 amide bonds. The van der Waals surface area contributed by atoms with Gasteiger partial charge in [-0.1, -0.05) is 59.3 Å². The normalized spacial score (nSPS) is 10.9.